The van der Waals surface area contributed by atoms with Crippen molar-refractivity contribution in [2.24, 2.45) is 11.8 Å². The van der Waals surface area contributed by atoms with Crippen LogP contribution in [0, 0.1) is 11.8 Å². The average molecular weight is 138 g/mol. The summed E-state index contributed by atoms with van der Waals surface area (Å²) in [7, 11) is 0. The van der Waals surface area contributed by atoms with Crippen LogP contribution >= 0.6 is 0 Å². The van der Waals surface area contributed by atoms with Gasteiger partial charge in [-0.15, -0.1) is 0 Å². The highest BCUT2D eigenvalue weighted by Crippen LogP contribution is 2.47. The molecule has 2 saturated carbocycles. The van der Waals surface area contributed by atoms with E-state index in [-0.39, 0.29) is 17.6 Å². The third-order valence-electron chi connectivity index (χ3n) is 2.63. The minimum atomic E-state index is -0.418. The van der Waals surface area contributed by atoms with Crippen molar-refractivity contribution in [1.82, 2.24) is 0 Å². The summed E-state index contributed by atoms with van der Waals surface area (Å²) in [4.78, 5) is 11.0. The van der Waals surface area contributed by atoms with Crippen molar-refractivity contribution < 1.29 is 9.90 Å². The number of hydrogen-bond acceptors (Lipinski definition) is 2. The molecule has 0 saturated heterocycles. The van der Waals surface area contributed by atoms with Crippen LogP contribution in [0.1, 0.15) is 12.8 Å². The van der Waals surface area contributed by atoms with E-state index in [1.54, 1.807) is 0 Å². The van der Waals surface area contributed by atoms with Crippen LogP contribution in [-0.2, 0) is 4.79 Å². The molecule has 3 atom stereocenters. The summed E-state index contributed by atoms with van der Waals surface area (Å²) in [5, 5.41) is 9.28. The van der Waals surface area contributed by atoms with E-state index in [2.05, 4.69) is 6.58 Å². The van der Waals surface area contributed by atoms with Crippen LogP contribution in [0.3, 0.4) is 0 Å². The van der Waals surface area contributed by atoms with Gasteiger partial charge in [0.15, 0.2) is 0 Å². The Bertz CT molecular complexity index is 207. The number of hydrogen-bond donors (Lipinski definition) is 1. The number of carbonyl (C=O) groups excluding carboxylic acids is 1. The standard InChI is InChI=1S/C8H10O2/c1-4-2-5-6(9)3-7(10)8(4)5/h5,7-8,10H,1-3H2. The van der Waals surface area contributed by atoms with Crippen LogP contribution in [0.4, 0.5) is 0 Å². The SMILES string of the molecule is C=C1CC2C(=O)CC(O)C12. The fourth-order valence-corrected chi connectivity index (χ4v) is 2.01. The minimum Gasteiger partial charge on any atom is -0.392 e. The first-order chi connectivity index (χ1) is 4.70. The van der Waals surface area contributed by atoms with Crippen molar-refractivity contribution in [3.8, 4) is 0 Å². The highest BCUT2D eigenvalue weighted by Gasteiger charge is 2.49. The first kappa shape index (κ1) is 6.10. The van der Waals surface area contributed by atoms with E-state index in [9.17, 15) is 9.90 Å². The smallest absolute Gasteiger partial charge is 0.139 e. The minimum absolute atomic E-state index is 0.118. The molecule has 0 bridgehead atoms. The number of Topliss-reactive ketones (excluding diaryl/α,β-unsaturated/α-hetero) is 1. The van der Waals surface area contributed by atoms with Crippen LogP contribution in [0.2, 0.25) is 0 Å². The largest absolute Gasteiger partial charge is 0.392 e. The Morgan fingerprint density at radius 2 is 2.20 bits per heavy atom. The second-order valence-corrected chi connectivity index (χ2v) is 3.23. The van der Waals surface area contributed by atoms with Crippen molar-refractivity contribution in [3.63, 3.8) is 0 Å². The lowest BCUT2D eigenvalue weighted by atomic mass is 9.71. The fourth-order valence-electron chi connectivity index (χ4n) is 2.01. The van der Waals surface area contributed by atoms with Gasteiger partial charge >= 0.3 is 0 Å². The molecule has 0 amide bonds. The maximum absolute atomic E-state index is 11.0. The van der Waals surface area contributed by atoms with Crippen LogP contribution in [0.15, 0.2) is 12.2 Å². The summed E-state index contributed by atoms with van der Waals surface area (Å²) in [5.41, 5.74) is 1.06. The highest BCUT2D eigenvalue weighted by molar-refractivity contribution is 5.87. The van der Waals surface area contributed by atoms with Gasteiger partial charge in [0.2, 0.25) is 0 Å². The number of fused-ring (bicyclic) bond motifs is 1. The van der Waals surface area contributed by atoms with Crippen molar-refractivity contribution in [1.29, 1.82) is 0 Å². The first-order valence-corrected chi connectivity index (χ1v) is 3.58. The number of aliphatic hydroxyl groups excluding tert-OH is 1. The molecule has 0 aromatic rings. The molecule has 0 spiro atoms. The maximum Gasteiger partial charge on any atom is 0.139 e. The van der Waals surface area contributed by atoms with E-state index in [0.29, 0.717) is 6.42 Å². The molecule has 0 aromatic carbocycles. The van der Waals surface area contributed by atoms with Gasteiger partial charge in [0.1, 0.15) is 5.78 Å². The summed E-state index contributed by atoms with van der Waals surface area (Å²) in [6.45, 7) is 3.78. The summed E-state index contributed by atoms with van der Waals surface area (Å²) in [5.74, 6) is 0.472. The lowest BCUT2D eigenvalue weighted by Gasteiger charge is -2.33. The zero-order valence-electron chi connectivity index (χ0n) is 5.71. The van der Waals surface area contributed by atoms with Crippen molar-refractivity contribution in [2.75, 3.05) is 0 Å². The van der Waals surface area contributed by atoms with Crippen molar-refractivity contribution in [3.05, 3.63) is 12.2 Å². The number of aliphatic hydroxyl groups is 1. The molecule has 10 heavy (non-hydrogen) atoms. The number of carbonyl (C=O) groups is 1. The molecular weight excluding hydrogens is 128 g/mol. The normalized spacial score (nSPS) is 45.1. The second-order valence-electron chi connectivity index (χ2n) is 3.23. The Kier molecular flexibility index (Phi) is 1.04. The lowest BCUT2D eigenvalue weighted by molar-refractivity contribution is -0.122. The molecule has 1 N–H and O–H groups in total. The van der Waals surface area contributed by atoms with Crippen molar-refractivity contribution in [2.45, 2.75) is 18.9 Å². The van der Waals surface area contributed by atoms with Gasteiger partial charge in [0.05, 0.1) is 6.10 Å². The monoisotopic (exact) mass is 138 g/mol. The number of rotatable bonds is 0. The first-order valence-electron chi connectivity index (χ1n) is 3.58. The molecule has 54 valence electrons. The molecule has 2 nitrogen and oxygen atoms in total. The van der Waals surface area contributed by atoms with E-state index in [1.165, 1.54) is 0 Å². The Hall–Kier alpha value is -0.630. The highest BCUT2D eigenvalue weighted by atomic mass is 16.3. The zero-order valence-corrected chi connectivity index (χ0v) is 5.71. The molecule has 2 fully saturated rings. The summed E-state index contributed by atoms with van der Waals surface area (Å²) >= 11 is 0. The van der Waals surface area contributed by atoms with E-state index < -0.39 is 6.10 Å². The quantitative estimate of drug-likeness (QED) is 0.495. The van der Waals surface area contributed by atoms with Crippen LogP contribution in [0.5, 0.6) is 0 Å². The lowest BCUT2D eigenvalue weighted by Crippen LogP contribution is -2.32. The van der Waals surface area contributed by atoms with Gasteiger partial charge in [0, 0.05) is 18.3 Å². The Morgan fingerprint density at radius 3 is 2.60 bits per heavy atom. The van der Waals surface area contributed by atoms with Gasteiger partial charge in [-0.05, 0) is 6.42 Å². The van der Waals surface area contributed by atoms with Crippen LogP contribution < -0.4 is 0 Å². The fraction of sp³-hybridized carbons (Fsp3) is 0.625. The molecule has 2 aliphatic rings. The molecule has 0 aliphatic heterocycles. The maximum atomic E-state index is 11.0. The van der Waals surface area contributed by atoms with Crippen LogP contribution in [0.25, 0.3) is 0 Å². The molecule has 0 heterocycles. The van der Waals surface area contributed by atoms with E-state index in [0.717, 1.165) is 12.0 Å². The zero-order chi connectivity index (χ0) is 7.30. The third-order valence-corrected chi connectivity index (χ3v) is 2.63. The van der Waals surface area contributed by atoms with Gasteiger partial charge in [-0.3, -0.25) is 4.79 Å². The van der Waals surface area contributed by atoms with E-state index in [1.807, 2.05) is 0 Å². The summed E-state index contributed by atoms with van der Waals surface area (Å²) in [6.07, 6.45) is 0.758. The molecule has 2 heteroatoms. The Balaban J connectivity index is 2.23. The van der Waals surface area contributed by atoms with Crippen molar-refractivity contribution >= 4 is 5.78 Å². The van der Waals surface area contributed by atoms with E-state index in [4.69, 9.17) is 0 Å². The topological polar surface area (TPSA) is 37.3 Å². The van der Waals surface area contributed by atoms with Gasteiger partial charge in [-0.25, -0.2) is 0 Å². The molecule has 0 radical (unpaired) electrons. The molecule has 2 aliphatic carbocycles. The number of ketones is 1. The molecule has 3 unspecified atom stereocenters. The van der Waals surface area contributed by atoms with Crippen LogP contribution in [-0.4, -0.2) is 17.0 Å². The van der Waals surface area contributed by atoms with E-state index >= 15 is 0 Å². The Labute approximate surface area is 59.5 Å². The predicted octanol–water partition coefficient (Wildman–Crippen LogP) is 0.512. The molecule has 0 aromatic heterocycles. The summed E-state index contributed by atoms with van der Waals surface area (Å²) in [6, 6.07) is 0. The second kappa shape index (κ2) is 1.70. The summed E-state index contributed by atoms with van der Waals surface area (Å²) < 4.78 is 0. The van der Waals surface area contributed by atoms with Gasteiger partial charge < -0.3 is 5.11 Å². The van der Waals surface area contributed by atoms with Gasteiger partial charge in [0.25, 0.3) is 0 Å². The molecular formula is C8H10O2. The van der Waals surface area contributed by atoms with Gasteiger partial charge in [-0.1, -0.05) is 12.2 Å². The molecule has 2 rings (SSSR count). The Morgan fingerprint density at radius 1 is 1.50 bits per heavy atom. The predicted molar refractivity (Wildman–Crippen MR) is 36.4 cm³/mol. The van der Waals surface area contributed by atoms with Gasteiger partial charge in [-0.2, -0.15) is 0 Å². The average Bonchev–Trinajstić information content (AvgIpc) is 2.01. The third kappa shape index (κ3) is 0.548.